The van der Waals surface area contributed by atoms with Gasteiger partial charge in [-0.2, -0.15) is 0 Å². The fourth-order valence-corrected chi connectivity index (χ4v) is 9.79. The zero-order valence-electron chi connectivity index (χ0n) is 54.4. The second-order valence-corrected chi connectivity index (χ2v) is 23.0. The first-order valence-corrected chi connectivity index (χ1v) is 35.0. The van der Waals surface area contributed by atoms with Crippen LogP contribution < -0.4 is 0 Å². The van der Waals surface area contributed by atoms with Crippen molar-refractivity contribution in [2.45, 2.75) is 335 Å². The van der Waals surface area contributed by atoms with Crippen LogP contribution in [-0.4, -0.2) is 37.2 Å². The molecule has 0 aliphatic heterocycles. The maximum atomic E-state index is 12.9. The van der Waals surface area contributed by atoms with Crippen LogP contribution in [0.2, 0.25) is 0 Å². The number of hydrogen-bond acceptors (Lipinski definition) is 6. The van der Waals surface area contributed by atoms with Crippen LogP contribution in [0, 0.1) is 0 Å². The van der Waals surface area contributed by atoms with E-state index in [1.807, 2.05) is 0 Å². The van der Waals surface area contributed by atoms with Crippen LogP contribution in [0.15, 0.2) is 122 Å². The monoisotopic (exact) mass is 1150 g/mol. The average molecular weight is 1150 g/mol. The summed E-state index contributed by atoms with van der Waals surface area (Å²) in [6.07, 6.45) is 97.9. The van der Waals surface area contributed by atoms with E-state index in [0.29, 0.717) is 19.3 Å². The molecule has 0 spiro atoms. The molecule has 0 aliphatic carbocycles. The molecule has 0 saturated carbocycles. The average Bonchev–Trinajstić information content (AvgIpc) is 3.50. The van der Waals surface area contributed by atoms with Crippen molar-refractivity contribution in [1.29, 1.82) is 0 Å². The van der Waals surface area contributed by atoms with Crippen molar-refractivity contribution in [2.24, 2.45) is 0 Å². The van der Waals surface area contributed by atoms with Gasteiger partial charge in [0.05, 0.1) is 0 Å². The van der Waals surface area contributed by atoms with Gasteiger partial charge in [-0.3, -0.25) is 14.4 Å². The number of ether oxygens (including phenoxy) is 3. The number of rotatable bonds is 63. The lowest BCUT2D eigenvalue weighted by Crippen LogP contribution is -2.30. The lowest BCUT2D eigenvalue weighted by Gasteiger charge is -2.18. The van der Waals surface area contributed by atoms with Crippen LogP contribution in [0.4, 0.5) is 0 Å². The van der Waals surface area contributed by atoms with Crippen molar-refractivity contribution in [2.75, 3.05) is 13.2 Å². The first kappa shape index (κ1) is 78.8. The summed E-state index contributed by atoms with van der Waals surface area (Å²) in [5, 5.41) is 0. The van der Waals surface area contributed by atoms with E-state index >= 15 is 0 Å². The number of allylic oxidation sites excluding steroid dienone is 20. The lowest BCUT2D eigenvalue weighted by molar-refractivity contribution is -0.167. The van der Waals surface area contributed by atoms with Gasteiger partial charge in [-0.15, -0.1) is 0 Å². The standard InChI is InChI=1S/C77H130O6/c1-4-7-10-13-16-19-22-25-28-31-33-35-36-37-38-39-40-42-43-46-49-52-55-58-61-64-67-70-76(79)82-73-74(72-81-75(78)69-66-63-60-57-54-51-48-45-30-27-24-21-18-15-12-9-6-3)83-77(80)71-68-65-62-59-56-53-50-47-44-41-34-32-29-26-23-20-17-14-11-8-5-2/h7-8,10-11,16-17,19-20,25-26,28-29,33-35,41,47,50,56,59,74H,4-6,9,12-15,18,21-24,27,30-32,36-40,42-46,48-49,51-55,57-58,60-73H2,1-3H3/b10-7-,11-8-,19-16-,20-17-,28-25-,29-26-,35-33-,41-34-,50-47-,59-56-. The van der Waals surface area contributed by atoms with Crippen LogP contribution in [0.3, 0.4) is 0 Å². The minimum atomic E-state index is -0.804. The van der Waals surface area contributed by atoms with E-state index in [4.69, 9.17) is 14.2 Å². The molecule has 0 heterocycles. The third-order valence-electron chi connectivity index (χ3n) is 15.0. The van der Waals surface area contributed by atoms with Crippen molar-refractivity contribution in [1.82, 2.24) is 0 Å². The van der Waals surface area contributed by atoms with Crippen molar-refractivity contribution in [3.8, 4) is 0 Å². The van der Waals surface area contributed by atoms with Crippen molar-refractivity contribution in [3.05, 3.63) is 122 Å². The van der Waals surface area contributed by atoms with Gasteiger partial charge in [-0.1, -0.05) is 322 Å². The normalized spacial score (nSPS) is 12.9. The van der Waals surface area contributed by atoms with E-state index in [1.54, 1.807) is 0 Å². The van der Waals surface area contributed by atoms with Crippen molar-refractivity contribution < 1.29 is 28.6 Å². The second kappa shape index (κ2) is 70.3. The smallest absolute Gasteiger partial charge is 0.306 e. The zero-order chi connectivity index (χ0) is 59.9. The van der Waals surface area contributed by atoms with Gasteiger partial charge in [0.25, 0.3) is 0 Å². The van der Waals surface area contributed by atoms with Crippen LogP contribution >= 0.6 is 0 Å². The molecule has 83 heavy (non-hydrogen) atoms. The molecule has 0 fully saturated rings. The number of esters is 3. The Morgan fingerprint density at radius 3 is 0.759 bits per heavy atom. The summed E-state index contributed by atoms with van der Waals surface area (Å²) >= 11 is 0. The molecule has 6 heteroatoms. The van der Waals surface area contributed by atoms with Crippen LogP contribution in [0.5, 0.6) is 0 Å². The fourth-order valence-electron chi connectivity index (χ4n) is 9.79. The Morgan fingerprint density at radius 1 is 0.253 bits per heavy atom. The predicted octanol–water partition coefficient (Wildman–Crippen LogP) is 24.3. The van der Waals surface area contributed by atoms with Gasteiger partial charge in [-0.25, -0.2) is 0 Å². The number of unbranched alkanes of at least 4 members (excludes halogenated alkanes) is 32. The first-order valence-electron chi connectivity index (χ1n) is 35.0. The van der Waals surface area contributed by atoms with E-state index < -0.39 is 6.10 Å². The molecule has 0 aliphatic rings. The molecular weight excluding hydrogens is 1020 g/mol. The topological polar surface area (TPSA) is 78.9 Å². The van der Waals surface area contributed by atoms with E-state index in [2.05, 4.69) is 142 Å². The minimum Gasteiger partial charge on any atom is -0.462 e. The molecule has 1 atom stereocenters. The van der Waals surface area contributed by atoms with Crippen LogP contribution in [0.25, 0.3) is 0 Å². The van der Waals surface area contributed by atoms with Gasteiger partial charge >= 0.3 is 17.9 Å². The van der Waals surface area contributed by atoms with E-state index in [1.165, 1.54) is 167 Å². The highest BCUT2D eigenvalue weighted by Gasteiger charge is 2.19. The predicted molar refractivity (Wildman–Crippen MR) is 362 cm³/mol. The molecule has 0 aromatic carbocycles. The summed E-state index contributed by atoms with van der Waals surface area (Å²) in [6.45, 7) is 6.42. The minimum absolute atomic E-state index is 0.0941. The van der Waals surface area contributed by atoms with Gasteiger partial charge in [0.1, 0.15) is 13.2 Å². The zero-order valence-corrected chi connectivity index (χ0v) is 54.4. The summed E-state index contributed by atoms with van der Waals surface area (Å²) in [5.41, 5.74) is 0. The highest BCUT2D eigenvalue weighted by Crippen LogP contribution is 2.17. The van der Waals surface area contributed by atoms with Crippen LogP contribution in [0.1, 0.15) is 329 Å². The van der Waals surface area contributed by atoms with Gasteiger partial charge < -0.3 is 14.2 Å². The summed E-state index contributed by atoms with van der Waals surface area (Å²) in [6, 6.07) is 0. The molecule has 0 amide bonds. The molecule has 474 valence electrons. The van der Waals surface area contributed by atoms with Gasteiger partial charge in [0.2, 0.25) is 0 Å². The Balaban J connectivity index is 4.39. The molecule has 0 aromatic heterocycles. The fraction of sp³-hybridized carbons (Fsp3) is 0.701. The summed E-state index contributed by atoms with van der Waals surface area (Å²) in [4.78, 5) is 38.5. The third-order valence-corrected chi connectivity index (χ3v) is 15.0. The molecule has 0 N–H and O–H groups in total. The quantitative estimate of drug-likeness (QED) is 0.0261. The number of hydrogen-bond donors (Lipinski definition) is 0. The highest BCUT2D eigenvalue weighted by molar-refractivity contribution is 5.71. The van der Waals surface area contributed by atoms with E-state index in [0.717, 1.165) is 116 Å². The summed E-state index contributed by atoms with van der Waals surface area (Å²) in [5.74, 6) is -0.925. The molecule has 0 radical (unpaired) electrons. The Hall–Kier alpha value is -4.19. The molecule has 0 saturated heterocycles. The van der Waals surface area contributed by atoms with E-state index in [9.17, 15) is 14.4 Å². The molecule has 6 nitrogen and oxygen atoms in total. The third kappa shape index (κ3) is 68.5. The Morgan fingerprint density at radius 2 is 0.470 bits per heavy atom. The Labute approximate surface area is 513 Å². The second-order valence-electron chi connectivity index (χ2n) is 23.0. The maximum absolute atomic E-state index is 12.9. The van der Waals surface area contributed by atoms with Gasteiger partial charge in [-0.05, 0) is 109 Å². The molecular formula is C77H130O6. The lowest BCUT2D eigenvalue weighted by atomic mass is 10.0. The Bertz CT molecular complexity index is 1700. The Kier molecular flexibility index (Phi) is 66.7. The van der Waals surface area contributed by atoms with Crippen molar-refractivity contribution in [3.63, 3.8) is 0 Å². The molecule has 1 unspecified atom stereocenters. The maximum Gasteiger partial charge on any atom is 0.306 e. The molecule has 0 bridgehead atoms. The first-order chi connectivity index (χ1) is 41.0. The number of carbonyl (C=O) groups excluding carboxylic acids is 3. The number of carbonyl (C=O) groups is 3. The van der Waals surface area contributed by atoms with Gasteiger partial charge in [0, 0.05) is 19.3 Å². The van der Waals surface area contributed by atoms with Crippen LogP contribution in [-0.2, 0) is 28.6 Å². The largest absolute Gasteiger partial charge is 0.462 e. The van der Waals surface area contributed by atoms with E-state index in [-0.39, 0.29) is 37.5 Å². The highest BCUT2D eigenvalue weighted by atomic mass is 16.6. The SMILES string of the molecule is CC/C=C\C/C=C\C/C=C\C/C=C\C/C=C\C/C=C\CCCCC(=O)OC(COC(=O)CCCCCCCCCCCCCCCC/C=C\C/C=C\C/C=C\C/C=C\CC)COC(=O)CCCCCCCCCCCCCCCCCCC. The summed E-state index contributed by atoms with van der Waals surface area (Å²) < 4.78 is 17.0. The molecule has 0 rings (SSSR count). The summed E-state index contributed by atoms with van der Waals surface area (Å²) in [7, 11) is 0. The molecule has 0 aromatic rings. The van der Waals surface area contributed by atoms with Crippen molar-refractivity contribution >= 4 is 17.9 Å². The van der Waals surface area contributed by atoms with Gasteiger partial charge in [0.15, 0.2) is 6.10 Å².